The molecule has 0 saturated heterocycles. The molecule has 0 radical (unpaired) electrons. The molecule has 2 aromatic carbocycles. The molecule has 3 aromatic rings. The molecule has 27 heavy (non-hydrogen) atoms. The number of aromatic hydroxyl groups is 1. The van der Waals surface area contributed by atoms with Gasteiger partial charge in [0.25, 0.3) is 5.56 Å². The van der Waals surface area contributed by atoms with E-state index in [4.69, 9.17) is 11.6 Å². The minimum absolute atomic E-state index is 0.0468. The van der Waals surface area contributed by atoms with Crippen LogP contribution in [0.25, 0.3) is 0 Å². The van der Waals surface area contributed by atoms with Crippen molar-refractivity contribution >= 4 is 17.8 Å². The Morgan fingerprint density at radius 1 is 0.963 bits per heavy atom. The smallest absolute Gasteiger partial charge is 0.333 e. The van der Waals surface area contributed by atoms with E-state index >= 15 is 0 Å². The van der Waals surface area contributed by atoms with E-state index in [-0.39, 0.29) is 5.56 Å². The summed E-state index contributed by atoms with van der Waals surface area (Å²) in [5, 5.41) is 10.8. The van der Waals surface area contributed by atoms with Gasteiger partial charge in [0.05, 0.1) is 6.04 Å². The van der Waals surface area contributed by atoms with Crippen LogP contribution < -0.4 is 11.2 Å². The second-order valence-corrected chi connectivity index (χ2v) is 6.52. The van der Waals surface area contributed by atoms with Gasteiger partial charge < -0.3 is 5.11 Å². The van der Waals surface area contributed by atoms with E-state index in [1.165, 1.54) is 20.3 Å². The molecule has 3 rings (SSSR count). The van der Waals surface area contributed by atoms with Crippen LogP contribution in [0.3, 0.4) is 0 Å². The summed E-state index contributed by atoms with van der Waals surface area (Å²) in [5.41, 5.74) is 0.531. The van der Waals surface area contributed by atoms with Crippen molar-refractivity contribution in [3.63, 3.8) is 0 Å². The van der Waals surface area contributed by atoms with E-state index in [1.54, 1.807) is 12.1 Å². The Hall–Kier alpha value is -3.12. The van der Waals surface area contributed by atoms with Crippen LogP contribution in [0.15, 0.2) is 69.2 Å². The molecule has 1 atom stereocenters. The number of nitrogens with zero attached hydrogens (tertiary/aromatic N) is 3. The van der Waals surface area contributed by atoms with Gasteiger partial charge in [0.15, 0.2) is 0 Å². The molecule has 1 N–H and O–H groups in total. The second-order valence-electron chi connectivity index (χ2n) is 6.09. The van der Waals surface area contributed by atoms with E-state index in [0.717, 1.165) is 20.3 Å². The maximum absolute atomic E-state index is 12.4. The molecule has 0 unspecified atom stereocenters. The number of hydrogen-bond acceptors (Lipinski definition) is 4. The van der Waals surface area contributed by atoms with Gasteiger partial charge in [-0.2, -0.15) is 0 Å². The maximum Gasteiger partial charge on any atom is 0.333 e. The van der Waals surface area contributed by atoms with Crippen LogP contribution in [0.2, 0.25) is 5.02 Å². The van der Waals surface area contributed by atoms with Crippen molar-refractivity contribution in [1.29, 1.82) is 0 Å². The maximum atomic E-state index is 12.4. The molecule has 0 aliphatic heterocycles. The summed E-state index contributed by atoms with van der Waals surface area (Å²) in [7, 11) is 2.75. The second kappa shape index (κ2) is 7.63. The Morgan fingerprint density at radius 2 is 1.56 bits per heavy atom. The van der Waals surface area contributed by atoms with Gasteiger partial charge in [-0.3, -0.25) is 18.9 Å². The highest BCUT2D eigenvalue weighted by atomic mass is 35.5. The molecule has 0 aliphatic carbocycles. The van der Waals surface area contributed by atoms with E-state index < -0.39 is 23.2 Å². The van der Waals surface area contributed by atoms with Crippen LogP contribution in [0.4, 0.5) is 0 Å². The number of aliphatic imine (C=N–C) groups is 1. The summed E-state index contributed by atoms with van der Waals surface area (Å²) in [6, 6.07) is 16.4. The molecule has 6 nitrogen and oxygen atoms in total. The van der Waals surface area contributed by atoms with Crippen molar-refractivity contribution in [2.75, 3.05) is 0 Å². The summed E-state index contributed by atoms with van der Waals surface area (Å²) in [5.74, 6) is -0.422. The van der Waals surface area contributed by atoms with Gasteiger partial charge in [0, 0.05) is 25.3 Å². The van der Waals surface area contributed by atoms with Gasteiger partial charge in [0.2, 0.25) is 5.88 Å². The number of rotatable bonds is 4. The van der Waals surface area contributed by atoms with Crippen LogP contribution in [-0.2, 0) is 14.1 Å². The summed E-state index contributed by atoms with van der Waals surface area (Å²) in [6.45, 7) is 0. The fourth-order valence-electron chi connectivity index (χ4n) is 2.77. The molecule has 7 heteroatoms. The summed E-state index contributed by atoms with van der Waals surface area (Å²) < 4.78 is 1.93. The van der Waals surface area contributed by atoms with Crippen molar-refractivity contribution in [1.82, 2.24) is 9.13 Å². The minimum Gasteiger partial charge on any atom is -0.494 e. The van der Waals surface area contributed by atoms with E-state index in [9.17, 15) is 14.7 Å². The lowest BCUT2D eigenvalue weighted by Crippen LogP contribution is -2.38. The normalized spacial score (nSPS) is 12.4. The van der Waals surface area contributed by atoms with E-state index in [0.29, 0.717) is 5.02 Å². The van der Waals surface area contributed by atoms with Crippen molar-refractivity contribution in [3.8, 4) is 5.88 Å². The lowest BCUT2D eigenvalue weighted by molar-refractivity contribution is 0.410. The van der Waals surface area contributed by atoms with Gasteiger partial charge in [-0.25, -0.2) is 4.79 Å². The Kier molecular flexibility index (Phi) is 5.28. The zero-order valence-electron chi connectivity index (χ0n) is 14.8. The molecular formula is C20H18ClN3O3. The highest BCUT2D eigenvalue weighted by Gasteiger charge is 2.16. The Balaban J connectivity index is 2.12. The third-order valence-corrected chi connectivity index (χ3v) is 4.57. The van der Waals surface area contributed by atoms with Crippen LogP contribution in [0, 0.1) is 0 Å². The third kappa shape index (κ3) is 3.71. The van der Waals surface area contributed by atoms with Gasteiger partial charge in [-0.05, 0) is 23.3 Å². The molecule has 0 fully saturated rings. The van der Waals surface area contributed by atoms with Gasteiger partial charge in [-0.1, -0.05) is 54.1 Å². The first-order valence-electron chi connectivity index (χ1n) is 8.22. The number of hydrogen-bond donors (Lipinski definition) is 1. The average Bonchev–Trinajstić information content (AvgIpc) is 2.69. The van der Waals surface area contributed by atoms with Crippen molar-refractivity contribution < 1.29 is 5.11 Å². The molecule has 1 aromatic heterocycles. The Labute approximate surface area is 160 Å². The largest absolute Gasteiger partial charge is 0.494 e. The fraction of sp³-hybridized carbons (Fsp3) is 0.150. The predicted octanol–water partition coefficient (Wildman–Crippen LogP) is 2.65. The van der Waals surface area contributed by atoms with Gasteiger partial charge in [-0.15, -0.1) is 0 Å². The first kappa shape index (κ1) is 18.7. The number of aromatic nitrogens is 2. The molecule has 0 saturated carbocycles. The summed E-state index contributed by atoms with van der Waals surface area (Å²) in [6.07, 6.45) is 1.31. The Bertz CT molecular complexity index is 1100. The van der Waals surface area contributed by atoms with Crippen molar-refractivity contribution in [2.24, 2.45) is 19.1 Å². The standard InChI is InChI=1S/C20H18ClN3O3/c1-23-18(25)16(19(26)24(2)20(23)27)12-22-17(13-6-4-3-5-7-13)14-8-10-15(21)11-9-14/h3-12,17,25H,1-2H3/t17-/m1/s1. The van der Waals surface area contributed by atoms with Crippen LogP contribution in [0.1, 0.15) is 22.7 Å². The van der Waals surface area contributed by atoms with Gasteiger partial charge in [0.1, 0.15) is 5.56 Å². The summed E-state index contributed by atoms with van der Waals surface area (Å²) >= 11 is 5.98. The Morgan fingerprint density at radius 3 is 2.19 bits per heavy atom. The zero-order valence-corrected chi connectivity index (χ0v) is 15.6. The van der Waals surface area contributed by atoms with Gasteiger partial charge >= 0.3 is 5.69 Å². The number of halogens is 1. The molecule has 0 amide bonds. The molecule has 138 valence electrons. The quantitative estimate of drug-likeness (QED) is 0.703. The third-order valence-electron chi connectivity index (χ3n) is 4.32. The minimum atomic E-state index is -0.609. The monoisotopic (exact) mass is 383 g/mol. The highest BCUT2D eigenvalue weighted by molar-refractivity contribution is 6.30. The average molecular weight is 384 g/mol. The first-order valence-corrected chi connectivity index (χ1v) is 8.60. The predicted molar refractivity (Wildman–Crippen MR) is 106 cm³/mol. The van der Waals surface area contributed by atoms with Crippen LogP contribution in [-0.4, -0.2) is 20.5 Å². The van der Waals surface area contributed by atoms with Crippen LogP contribution in [0.5, 0.6) is 5.88 Å². The van der Waals surface area contributed by atoms with E-state index in [2.05, 4.69) is 4.99 Å². The molecule has 0 bridgehead atoms. The number of benzene rings is 2. The topological polar surface area (TPSA) is 76.6 Å². The molecule has 1 heterocycles. The lowest BCUT2D eigenvalue weighted by atomic mass is 9.99. The molecule has 0 aliphatic rings. The van der Waals surface area contributed by atoms with Crippen molar-refractivity contribution in [3.05, 3.63) is 97.1 Å². The molecular weight excluding hydrogens is 366 g/mol. The zero-order chi connectivity index (χ0) is 19.6. The van der Waals surface area contributed by atoms with E-state index in [1.807, 2.05) is 42.5 Å². The summed E-state index contributed by atoms with van der Waals surface area (Å²) in [4.78, 5) is 28.8. The van der Waals surface area contributed by atoms with Crippen molar-refractivity contribution in [2.45, 2.75) is 6.04 Å². The molecule has 0 spiro atoms. The first-order chi connectivity index (χ1) is 12.9. The highest BCUT2D eigenvalue weighted by Crippen LogP contribution is 2.27. The SMILES string of the molecule is Cn1c(O)c(C=N[C@H](c2ccccc2)c2ccc(Cl)cc2)c(=O)n(C)c1=O. The van der Waals surface area contributed by atoms with Crippen LogP contribution >= 0.6 is 11.6 Å². The fourth-order valence-corrected chi connectivity index (χ4v) is 2.89. The lowest BCUT2D eigenvalue weighted by Gasteiger charge is -2.14.